The van der Waals surface area contributed by atoms with Crippen LogP contribution in [0.15, 0.2) is 127 Å². The summed E-state index contributed by atoms with van der Waals surface area (Å²) in [4.78, 5) is 4.93. The average molecular weight is 569 g/mol. The van der Waals surface area contributed by atoms with E-state index >= 15 is 0 Å². The molecular formula is C42H36N2. The zero-order valence-electron chi connectivity index (χ0n) is 25.4. The van der Waals surface area contributed by atoms with Gasteiger partial charge in [0.25, 0.3) is 0 Å². The van der Waals surface area contributed by atoms with Gasteiger partial charge in [-0.1, -0.05) is 123 Å². The maximum absolute atomic E-state index is 4.93. The van der Waals surface area contributed by atoms with Gasteiger partial charge in [0.1, 0.15) is 5.82 Å². The molecule has 0 aliphatic heterocycles. The predicted octanol–water partition coefficient (Wildman–Crippen LogP) is 11.3. The highest BCUT2D eigenvalue weighted by atomic mass is 15.1. The van der Waals surface area contributed by atoms with Gasteiger partial charge in [-0.05, 0) is 98.3 Å². The lowest BCUT2D eigenvalue weighted by atomic mass is 9.83. The molecule has 0 fully saturated rings. The first-order valence-corrected chi connectivity index (χ1v) is 16.0. The fraction of sp³-hybridized carbons (Fsp3) is 0.167. The molecule has 2 nitrogen and oxygen atoms in total. The van der Waals surface area contributed by atoms with Crippen LogP contribution < -0.4 is 0 Å². The van der Waals surface area contributed by atoms with E-state index in [0.29, 0.717) is 5.92 Å². The fourth-order valence-electron chi connectivity index (χ4n) is 7.30. The Balaban J connectivity index is 1.27. The molecule has 5 aromatic carbocycles. The minimum atomic E-state index is 0.586. The largest absolute Gasteiger partial charge is 0.300 e. The van der Waals surface area contributed by atoms with Crippen molar-refractivity contribution in [1.82, 2.24) is 9.55 Å². The average Bonchev–Trinajstić information content (AvgIpc) is 3.46. The van der Waals surface area contributed by atoms with Crippen LogP contribution in [0.5, 0.6) is 0 Å². The Hall–Kier alpha value is -4.95. The second kappa shape index (κ2) is 11.0. The third-order valence-corrected chi connectivity index (χ3v) is 9.39. The second-order valence-electron chi connectivity index (χ2n) is 12.2. The Kier molecular flexibility index (Phi) is 6.64. The normalized spacial score (nSPS) is 16.8. The predicted molar refractivity (Wildman–Crippen MR) is 188 cm³/mol. The number of para-hydroxylation sites is 2. The summed E-state index contributed by atoms with van der Waals surface area (Å²) in [6.45, 7) is 4.48. The Labute approximate surface area is 259 Å². The molecule has 0 amide bonds. The number of rotatable bonds is 5. The van der Waals surface area contributed by atoms with E-state index < -0.39 is 0 Å². The van der Waals surface area contributed by atoms with Crippen molar-refractivity contribution in [2.45, 2.75) is 39.5 Å². The number of nitrogens with zero attached hydrogens (tertiary/aromatic N) is 2. The van der Waals surface area contributed by atoms with Gasteiger partial charge >= 0.3 is 0 Å². The van der Waals surface area contributed by atoms with Crippen molar-refractivity contribution in [3.8, 4) is 11.1 Å². The van der Waals surface area contributed by atoms with Gasteiger partial charge < -0.3 is 4.57 Å². The molecule has 0 bridgehead atoms. The zero-order valence-corrected chi connectivity index (χ0v) is 25.4. The van der Waals surface area contributed by atoms with Gasteiger partial charge in [-0.25, -0.2) is 4.98 Å². The van der Waals surface area contributed by atoms with Crippen molar-refractivity contribution in [2.24, 2.45) is 5.92 Å². The van der Waals surface area contributed by atoms with Crippen LogP contribution in [0.4, 0.5) is 0 Å². The first kappa shape index (κ1) is 26.7. The van der Waals surface area contributed by atoms with E-state index in [1.54, 1.807) is 0 Å². The summed E-state index contributed by atoms with van der Waals surface area (Å²) < 4.78 is 2.38. The Morgan fingerprint density at radius 3 is 1.98 bits per heavy atom. The highest BCUT2D eigenvalue weighted by Gasteiger charge is 2.21. The van der Waals surface area contributed by atoms with Crippen LogP contribution in [-0.4, -0.2) is 9.55 Å². The molecule has 0 saturated heterocycles. The quantitative estimate of drug-likeness (QED) is 0.189. The van der Waals surface area contributed by atoms with E-state index in [0.717, 1.165) is 37.0 Å². The van der Waals surface area contributed by atoms with Crippen LogP contribution >= 0.6 is 0 Å². The molecule has 2 heteroatoms. The molecule has 1 heterocycles. The molecule has 1 unspecified atom stereocenters. The van der Waals surface area contributed by atoms with E-state index in [2.05, 4.69) is 146 Å². The van der Waals surface area contributed by atoms with Crippen molar-refractivity contribution in [3.63, 3.8) is 0 Å². The standard InChI is InChI=1S/C42H36N2/c1-3-40-43-38-17-8-9-18-39(38)44(40)33-25-23-31(24-26-33)42-36-15-6-4-13-34(36)41(35-14-5-7-16-37(35)42)30-21-19-29(20-22-30)32-12-10-11-28(2)27-32/h4-10,12-23,25,27-28H,3,11,24,26H2,1-2H3. The van der Waals surface area contributed by atoms with Crippen LogP contribution in [0.3, 0.4) is 0 Å². The van der Waals surface area contributed by atoms with Gasteiger partial charge in [0, 0.05) is 12.1 Å². The number of imidazole rings is 1. The molecule has 1 aromatic heterocycles. The second-order valence-corrected chi connectivity index (χ2v) is 12.2. The van der Waals surface area contributed by atoms with Gasteiger partial charge in [0.2, 0.25) is 0 Å². The summed E-state index contributed by atoms with van der Waals surface area (Å²) in [5.74, 6) is 1.72. The van der Waals surface area contributed by atoms with Crippen molar-refractivity contribution < 1.29 is 0 Å². The lowest BCUT2D eigenvalue weighted by Gasteiger charge is -2.22. The molecule has 1 atom stereocenters. The van der Waals surface area contributed by atoms with Gasteiger partial charge in [-0.2, -0.15) is 0 Å². The molecule has 8 rings (SSSR count). The minimum absolute atomic E-state index is 0.586. The minimum Gasteiger partial charge on any atom is -0.300 e. The number of benzene rings is 5. The first-order valence-electron chi connectivity index (χ1n) is 16.0. The molecule has 0 saturated carbocycles. The molecule has 0 spiro atoms. The third-order valence-electron chi connectivity index (χ3n) is 9.39. The van der Waals surface area contributed by atoms with Gasteiger partial charge in [0.05, 0.1) is 11.0 Å². The van der Waals surface area contributed by atoms with E-state index in [9.17, 15) is 0 Å². The summed E-state index contributed by atoms with van der Waals surface area (Å²) in [7, 11) is 0. The monoisotopic (exact) mass is 568 g/mol. The van der Waals surface area contributed by atoms with Crippen molar-refractivity contribution >= 4 is 49.4 Å². The summed E-state index contributed by atoms with van der Waals surface area (Å²) in [6, 6.07) is 35.7. The number of hydrogen-bond acceptors (Lipinski definition) is 1. The van der Waals surface area contributed by atoms with Gasteiger partial charge in [-0.15, -0.1) is 0 Å². The van der Waals surface area contributed by atoms with Crippen LogP contribution in [-0.2, 0) is 6.42 Å². The lowest BCUT2D eigenvalue weighted by Crippen LogP contribution is -2.05. The molecule has 2 aliphatic rings. The van der Waals surface area contributed by atoms with E-state index in [-0.39, 0.29) is 0 Å². The topological polar surface area (TPSA) is 17.8 Å². The maximum Gasteiger partial charge on any atom is 0.113 e. The van der Waals surface area contributed by atoms with Gasteiger partial charge in [-0.3, -0.25) is 0 Å². The molecule has 44 heavy (non-hydrogen) atoms. The first-order chi connectivity index (χ1) is 21.7. The molecule has 0 N–H and O–H groups in total. The highest BCUT2D eigenvalue weighted by Crippen LogP contribution is 2.44. The molecular weight excluding hydrogens is 532 g/mol. The number of aromatic nitrogens is 2. The van der Waals surface area contributed by atoms with Crippen LogP contribution in [0.25, 0.3) is 60.5 Å². The van der Waals surface area contributed by atoms with Crippen LogP contribution in [0.1, 0.15) is 50.1 Å². The fourth-order valence-corrected chi connectivity index (χ4v) is 7.30. The Morgan fingerprint density at radius 1 is 0.705 bits per heavy atom. The SMILES string of the molecule is CCc1nc2ccccc2n1C1=CC=C(c2c3ccccc3c(-c3ccc(C4=CC(C)CC=C4)cc3)c3ccccc23)CC1. The number of allylic oxidation sites excluding steroid dienone is 8. The van der Waals surface area contributed by atoms with Crippen LogP contribution in [0, 0.1) is 5.92 Å². The maximum atomic E-state index is 4.93. The summed E-state index contributed by atoms with van der Waals surface area (Å²) in [6.07, 6.45) is 15.7. The molecule has 0 radical (unpaired) electrons. The summed E-state index contributed by atoms with van der Waals surface area (Å²) in [5.41, 5.74) is 11.5. The van der Waals surface area contributed by atoms with Crippen LogP contribution in [0.2, 0.25) is 0 Å². The lowest BCUT2D eigenvalue weighted by molar-refractivity contribution is 0.740. The number of aryl methyl sites for hydroxylation is 1. The highest BCUT2D eigenvalue weighted by molar-refractivity contribution is 6.19. The Bertz CT molecular complexity index is 2130. The number of fused-ring (bicyclic) bond motifs is 3. The van der Waals surface area contributed by atoms with E-state index in [1.807, 2.05) is 0 Å². The Morgan fingerprint density at radius 2 is 1.34 bits per heavy atom. The zero-order chi connectivity index (χ0) is 29.6. The third kappa shape index (κ3) is 4.45. The van der Waals surface area contributed by atoms with Crippen molar-refractivity contribution in [3.05, 3.63) is 144 Å². The smallest absolute Gasteiger partial charge is 0.113 e. The summed E-state index contributed by atoms with van der Waals surface area (Å²) in [5, 5.41) is 5.26. The molecule has 6 aromatic rings. The van der Waals surface area contributed by atoms with E-state index in [1.165, 1.54) is 66.2 Å². The number of hydrogen-bond donors (Lipinski definition) is 0. The van der Waals surface area contributed by atoms with E-state index in [4.69, 9.17) is 4.98 Å². The van der Waals surface area contributed by atoms with Crippen molar-refractivity contribution in [2.75, 3.05) is 0 Å². The summed E-state index contributed by atoms with van der Waals surface area (Å²) >= 11 is 0. The van der Waals surface area contributed by atoms with Gasteiger partial charge in [0.15, 0.2) is 0 Å². The molecule has 2 aliphatic carbocycles. The van der Waals surface area contributed by atoms with Crippen molar-refractivity contribution in [1.29, 1.82) is 0 Å². The molecule has 214 valence electrons.